The molecule has 1 spiro atoms. The molecule has 2 aliphatic heterocycles. The molecular formula is C23H25F3N6O2. The van der Waals surface area contributed by atoms with Gasteiger partial charge >= 0.3 is 6.18 Å². The van der Waals surface area contributed by atoms with Gasteiger partial charge in [-0.3, -0.25) is 9.59 Å². The van der Waals surface area contributed by atoms with E-state index >= 15 is 0 Å². The van der Waals surface area contributed by atoms with E-state index in [4.69, 9.17) is 5.26 Å². The molecule has 2 aliphatic rings. The summed E-state index contributed by atoms with van der Waals surface area (Å²) in [7, 11) is 3.25. The number of likely N-dealkylation sites (tertiary alicyclic amines) is 1. The lowest BCUT2D eigenvalue weighted by Gasteiger charge is -2.40. The molecule has 180 valence electrons. The number of rotatable bonds is 3. The Kier molecular flexibility index (Phi) is 6.02. The minimum Gasteiger partial charge on any atom is -0.371 e. The van der Waals surface area contributed by atoms with Gasteiger partial charge in [0.25, 0.3) is 5.91 Å². The van der Waals surface area contributed by atoms with Crippen molar-refractivity contribution in [1.82, 2.24) is 19.8 Å². The van der Waals surface area contributed by atoms with Crippen LogP contribution in [-0.2, 0) is 18.0 Å². The molecular weight excluding hydrogens is 449 g/mol. The van der Waals surface area contributed by atoms with E-state index in [1.54, 1.807) is 22.6 Å². The Morgan fingerprint density at radius 1 is 1.26 bits per heavy atom. The largest absolute Gasteiger partial charge is 0.417 e. The number of benzene rings is 1. The minimum absolute atomic E-state index is 0.239. The number of imidazole rings is 1. The number of amides is 2. The van der Waals surface area contributed by atoms with Crippen molar-refractivity contribution in [2.24, 2.45) is 12.5 Å². The van der Waals surface area contributed by atoms with Crippen LogP contribution < -0.4 is 10.2 Å². The average molecular weight is 474 g/mol. The number of piperidine rings is 1. The summed E-state index contributed by atoms with van der Waals surface area (Å²) in [6.07, 6.45) is 0.120. The van der Waals surface area contributed by atoms with Crippen molar-refractivity contribution in [1.29, 1.82) is 5.26 Å². The molecule has 2 fully saturated rings. The van der Waals surface area contributed by atoms with E-state index in [0.29, 0.717) is 50.3 Å². The van der Waals surface area contributed by atoms with Gasteiger partial charge in [-0.05, 0) is 42.9 Å². The Bertz CT molecular complexity index is 1140. The number of hydrogen-bond donors (Lipinski definition) is 1. The van der Waals surface area contributed by atoms with E-state index in [2.05, 4.69) is 10.3 Å². The summed E-state index contributed by atoms with van der Waals surface area (Å²) in [6, 6.07) is 4.74. The Hall–Kier alpha value is -3.55. The predicted molar refractivity (Wildman–Crippen MR) is 117 cm³/mol. The maximum absolute atomic E-state index is 13.4. The lowest BCUT2D eigenvalue weighted by Crippen LogP contribution is -2.45. The number of anilines is 1. The molecule has 1 aromatic heterocycles. The van der Waals surface area contributed by atoms with Crippen molar-refractivity contribution in [3.05, 3.63) is 47.5 Å². The van der Waals surface area contributed by atoms with Gasteiger partial charge in [0.1, 0.15) is 11.7 Å². The number of carbonyl (C=O) groups excluding carboxylic acids is 2. The smallest absolute Gasteiger partial charge is 0.371 e. The van der Waals surface area contributed by atoms with Gasteiger partial charge in [0, 0.05) is 39.4 Å². The highest BCUT2D eigenvalue weighted by molar-refractivity contribution is 5.96. The van der Waals surface area contributed by atoms with Gasteiger partial charge in [-0.2, -0.15) is 18.4 Å². The maximum Gasteiger partial charge on any atom is 0.417 e. The summed E-state index contributed by atoms with van der Waals surface area (Å²) in [4.78, 5) is 33.3. The van der Waals surface area contributed by atoms with Crippen LogP contribution in [-0.4, -0.2) is 59.0 Å². The molecule has 1 unspecified atom stereocenters. The number of nitrogens with one attached hydrogen (secondary N) is 1. The average Bonchev–Trinajstić information content (AvgIpc) is 3.41. The number of hydrogen-bond acceptors (Lipinski definition) is 5. The van der Waals surface area contributed by atoms with Crippen LogP contribution in [0.3, 0.4) is 0 Å². The van der Waals surface area contributed by atoms with Gasteiger partial charge < -0.3 is 19.7 Å². The van der Waals surface area contributed by atoms with Crippen molar-refractivity contribution < 1.29 is 22.8 Å². The third-order valence-electron chi connectivity index (χ3n) is 6.97. The monoisotopic (exact) mass is 474 g/mol. The molecule has 11 heteroatoms. The summed E-state index contributed by atoms with van der Waals surface area (Å²) in [5.41, 5.74) is -0.855. The van der Waals surface area contributed by atoms with Crippen molar-refractivity contribution in [2.45, 2.75) is 31.5 Å². The zero-order valence-electron chi connectivity index (χ0n) is 18.9. The van der Waals surface area contributed by atoms with Gasteiger partial charge in [-0.1, -0.05) is 0 Å². The molecule has 4 rings (SSSR count). The fraction of sp³-hybridized carbons (Fsp3) is 0.478. The second-order valence-corrected chi connectivity index (χ2v) is 8.98. The van der Waals surface area contributed by atoms with Crippen LogP contribution in [0.25, 0.3) is 0 Å². The molecule has 3 heterocycles. The normalized spacial score (nSPS) is 19.8. The van der Waals surface area contributed by atoms with Crippen molar-refractivity contribution in [2.75, 3.05) is 31.6 Å². The second-order valence-electron chi connectivity index (χ2n) is 8.98. The highest BCUT2D eigenvalue weighted by Crippen LogP contribution is 2.45. The first-order valence-electron chi connectivity index (χ1n) is 10.9. The van der Waals surface area contributed by atoms with Crippen LogP contribution in [0.2, 0.25) is 0 Å². The lowest BCUT2D eigenvalue weighted by atomic mass is 9.76. The third-order valence-corrected chi connectivity index (χ3v) is 6.97. The summed E-state index contributed by atoms with van der Waals surface area (Å²) >= 11 is 0. The quantitative estimate of drug-likeness (QED) is 0.738. The van der Waals surface area contributed by atoms with Gasteiger partial charge in [0.2, 0.25) is 5.91 Å². The first-order valence-corrected chi connectivity index (χ1v) is 10.9. The number of nitrogens with zero attached hydrogens (tertiary/aromatic N) is 5. The molecule has 2 amide bonds. The van der Waals surface area contributed by atoms with Gasteiger partial charge in [0.15, 0.2) is 0 Å². The molecule has 8 nitrogen and oxygen atoms in total. The number of alkyl halides is 3. The number of carbonyl (C=O) groups is 2. The van der Waals surface area contributed by atoms with Crippen LogP contribution >= 0.6 is 0 Å². The van der Waals surface area contributed by atoms with Crippen LogP contribution in [0.5, 0.6) is 0 Å². The SMILES string of the molecule is CNC(=O)C1CC2(CCN(c3ccc(C#N)c(C(F)(F)F)c3)CC2)CN1C(=O)c1cncn1C. The minimum atomic E-state index is -4.61. The zero-order valence-corrected chi connectivity index (χ0v) is 18.9. The molecule has 0 radical (unpaired) electrons. The van der Waals surface area contributed by atoms with Crippen LogP contribution in [0.4, 0.5) is 18.9 Å². The van der Waals surface area contributed by atoms with Crippen LogP contribution in [0, 0.1) is 16.7 Å². The summed E-state index contributed by atoms with van der Waals surface area (Å²) in [5, 5.41) is 11.7. The molecule has 34 heavy (non-hydrogen) atoms. The van der Waals surface area contributed by atoms with E-state index in [9.17, 15) is 22.8 Å². The standard InChI is InChI=1S/C23H25F3N6O2/c1-28-20(33)18-10-22(13-32(18)21(34)19-12-29-14-30(19)2)5-7-31(8-6-22)16-4-3-15(11-27)17(9-16)23(24,25)26/h3-4,9,12,14,18H,5-8,10,13H2,1-2H3,(H,28,33). The van der Waals surface area contributed by atoms with E-state index < -0.39 is 23.3 Å². The molecule has 2 saturated heterocycles. The highest BCUT2D eigenvalue weighted by Gasteiger charge is 2.50. The first kappa shape index (κ1) is 23.6. The van der Waals surface area contributed by atoms with Gasteiger partial charge in [-0.15, -0.1) is 0 Å². The third kappa shape index (κ3) is 4.20. The Labute approximate surface area is 195 Å². The van der Waals surface area contributed by atoms with E-state index in [1.807, 2.05) is 4.90 Å². The molecule has 1 aromatic carbocycles. The van der Waals surface area contributed by atoms with Crippen molar-refractivity contribution in [3.8, 4) is 6.07 Å². The van der Waals surface area contributed by atoms with Crippen LogP contribution in [0.15, 0.2) is 30.7 Å². The van der Waals surface area contributed by atoms with Crippen molar-refractivity contribution in [3.63, 3.8) is 0 Å². The zero-order chi connectivity index (χ0) is 24.7. The molecule has 1 atom stereocenters. The van der Waals surface area contributed by atoms with E-state index in [1.165, 1.54) is 31.7 Å². The Morgan fingerprint density at radius 2 is 1.97 bits per heavy atom. The number of aromatic nitrogens is 2. The molecule has 0 saturated carbocycles. The summed E-state index contributed by atoms with van der Waals surface area (Å²) in [5.74, 6) is -0.508. The lowest BCUT2D eigenvalue weighted by molar-refractivity contribution is -0.137. The van der Waals surface area contributed by atoms with Crippen molar-refractivity contribution >= 4 is 17.5 Å². The molecule has 1 N–H and O–H groups in total. The van der Waals surface area contributed by atoms with Crippen LogP contribution in [0.1, 0.15) is 40.9 Å². The number of halogens is 3. The molecule has 2 aromatic rings. The summed E-state index contributed by atoms with van der Waals surface area (Å²) < 4.78 is 41.8. The topological polar surface area (TPSA) is 94.3 Å². The van der Waals surface area contributed by atoms with Gasteiger partial charge in [-0.25, -0.2) is 4.98 Å². The molecule has 0 bridgehead atoms. The molecule has 0 aliphatic carbocycles. The Balaban J connectivity index is 1.54. The number of nitriles is 1. The fourth-order valence-electron chi connectivity index (χ4n) is 5.04. The summed E-state index contributed by atoms with van der Waals surface area (Å²) in [6.45, 7) is 1.36. The number of likely N-dealkylation sites (N-methyl/N-ethyl adjacent to an activating group) is 1. The second kappa shape index (κ2) is 8.66. The maximum atomic E-state index is 13.4. The first-order chi connectivity index (χ1) is 16.1. The Morgan fingerprint density at radius 3 is 2.53 bits per heavy atom. The number of aryl methyl sites for hydroxylation is 1. The van der Waals surface area contributed by atoms with E-state index in [-0.39, 0.29) is 17.2 Å². The highest BCUT2D eigenvalue weighted by atomic mass is 19.4. The van der Waals surface area contributed by atoms with Gasteiger partial charge in [0.05, 0.1) is 29.7 Å². The fourth-order valence-corrected chi connectivity index (χ4v) is 5.04. The van der Waals surface area contributed by atoms with E-state index in [0.717, 1.165) is 6.07 Å². The predicted octanol–water partition coefficient (Wildman–Crippen LogP) is 2.56.